The first-order valence-corrected chi connectivity index (χ1v) is 7.35. The van der Waals surface area contributed by atoms with E-state index in [1.807, 2.05) is 18.5 Å². The number of hydrogen-bond donors (Lipinski definition) is 1. The normalized spacial score (nSPS) is 10.7. The average Bonchev–Trinajstić information content (AvgIpc) is 2.48. The van der Waals surface area contributed by atoms with Crippen molar-refractivity contribution in [1.29, 1.82) is 0 Å². The van der Waals surface area contributed by atoms with Gasteiger partial charge in [0, 0.05) is 34.5 Å². The number of aryl methyl sites for hydroxylation is 1. The molecule has 0 amide bonds. The Labute approximate surface area is 127 Å². The molecule has 0 aliphatic carbocycles. The number of hydrogen-bond acceptors (Lipinski definition) is 2. The third-order valence-corrected chi connectivity index (χ3v) is 3.91. The molecule has 0 bridgehead atoms. The molecule has 0 saturated carbocycles. The molecule has 100 valence electrons. The van der Waals surface area contributed by atoms with Crippen LogP contribution >= 0.6 is 15.9 Å². The van der Waals surface area contributed by atoms with Crippen LogP contribution in [0.25, 0.3) is 10.8 Å². The first-order chi connectivity index (χ1) is 9.74. The molecule has 3 rings (SSSR count). The van der Waals surface area contributed by atoms with E-state index in [2.05, 4.69) is 69.6 Å². The largest absolute Gasteiger partial charge is 0.381 e. The molecular formula is C17H15BrN2. The fourth-order valence-electron chi connectivity index (χ4n) is 2.30. The van der Waals surface area contributed by atoms with Crippen LogP contribution in [0.2, 0.25) is 0 Å². The SMILES string of the molecule is Cc1ccc(Br)cc1NCc1cncc2ccccc12. The molecule has 0 aliphatic heterocycles. The van der Waals surface area contributed by atoms with Gasteiger partial charge in [-0.15, -0.1) is 0 Å². The zero-order valence-electron chi connectivity index (χ0n) is 11.2. The predicted molar refractivity (Wildman–Crippen MR) is 87.9 cm³/mol. The van der Waals surface area contributed by atoms with Gasteiger partial charge in [-0.1, -0.05) is 46.3 Å². The second-order valence-electron chi connectivity index (χ2n) is 4.83. The van der Waals surface area contributed by atoms with Gasteiger partial charge in [-0.2, -0.15) is 0 Å². The Morgan fingerprint density at radius 1 is 1.10 bits per heavy atom. The van der Waals surface area contributed by atoms with Crippen LogP contribution in [-0.2, 0) is 6.54 Å². The summed E-state index contributed by atoms with van der Waals surface area (Å²) >= 11 is 3.51. The number of nitrogens with one attached hydrogen (secondary N) is 1. The molecular weight excluding hydrogens is 312 g/mol. The lowest BCUT2D eigenvalue weighted by atomic mass is 10.1. The zero-order valence-corrected chi connectivity index (χ0v) is 12.8. The van der Waals surface area contributed by atoms with E-state index in [-0.39, 0.29) is 0 Å². The third-order valence-electron chi connectivity index (χ3n) is 3.42. The van der Waals surface area contributed by atoms with Crippen molar-refractivity contribution < 1.29 is 0 Å². The van der Waals surface area contributed by atoms with Gasteiger partial charge in [0.15, 0.2) is 0 Å². The number of halogens is 1. The maximum absolute atomic E-state index is 4.32. The second-order valence-corrected chi connectivity index (χ2v) is 5.75. The molecule has 1 N–H and O–H groups in total. The van der Waals surface area contributed by atoms with E-state index in [1.165, 1.54) is 21.9 Å². The number of fused-ring (bicyclic) bond motifs is 1. The molecule has 1 heterocycles. The molecule has 0 unspecified atom stereocenters. The Bertz CT molecular complexity index is 748. The smallest absolute Gasteiger partial charge is 0.0422 e. The highest BCUT2D eigenvalue weighted by atomic mass is 79.9. The van der Waals surface area contributed by atoms with Gasteiger partial charge in [-0.05, 0) is 35.6 Å². The lowest BCUT2D eigenvalue weighted by Gasteiger charge is -2.11. The summed E-state index contributed by atoms with van der Waals surface area (Å²) in [7, 11) is 0. The number of rotatable bonds is 3. The first kappa shape index (κ1) is 13.1. The maximum atomic E-state index is 4.32. The van der Waals surface area contributed by atoms with Crippen LogP contribution in [0.3, 0.4) is 0 Å². The molecule has 0 atom stereocenters. The van der Waals surface area contributed by atoms with Crippen LogP contribution in [0, 0.1) is 6.92 Å². The predicted octanol–water partition coefficient (Wildman–Crippen LogP) is 4.92. The lowest BCUT2D eigenvalue weighted by Crippen LogP contribution is -2.02. The average molecular weight is 327 g/mol. The van der Waals surface area contributed by atoms with Crippen molar-refractivity contribution in [3.8, 4) is 0 Å². The van der Waals surface area contributed by atoms with Crippen LogP contribution in [-0.4, -0.2) is 4.98 Å². The molecule has 2 aromatic carbocycles. The van der Waals surface area contributed by atoms with Gasteiger partial charge in [0.2, 0.25) is 0 Å². The van der Waals surface area contributed by atoms with Crippen molar-refractivity contribution in [2.24, 2.45) is 0 Å². The molecule has 2 nitrogen and oxygen atoms in total. The first-order valence-electron chi connectivity index (χ1n) is 6.56. The molecule has 0 aliphatic rings. The van der Waals surface area contributed by atoms with Crippen LogP contribution in [0.5, 0.6) is 0 Å². The highest BCUT2D eigenvalue weighted by molar-refractivity contribution is 9.10. The fourth-order valence-corrected chi connectivity index (χ4v) is 2.66. The molecule has 3 heteroatoms. The van der Waals surface area contributed by atoms with Crippen LogP contribution in [0.15, 0.2) is 59.3 Å². The molecule has 20 heavy (non-hydrogen) atoms. The van der Waals surface area contributed by atoms with Crippen LogP contribution in [0.4, 0.5) is 5.69 Å². The Hall–Kier alpha value is -1.87. The summed E-state index contributed by atoms with van der Waals surface area (Å²) in [6.07, 6.45) is 3.84. The molecule has 0 saturated heterocycles. The van der Waals surface area contributed by atoms with Gasteiger partial charge in [0.1, 0.15) is 0 Å². The fraction of sp³-hybridized carbons (Fsp3) is 0.118. The molecule has 0 radical (unpaired) electrons. The Morgan fingerprint density at radius 2 is 1.95 bits per heavy atom. The summed E-state index contributed by atoms with van der Waals surface area (Å²) in [5, 5.41) is 5.92. The number of nitrogens with zero attached hydrogens (tertiary/aromatic N) is 1. The summed E-state index contributed by atoms with van der Waals surface area (Å²) in [5.74, 6) is 0. The Balaban J connectivity index is 1.89. The monoisotopic (exact) mass is 326 g/mol. The van der Waals surface area contributed by atoms with E-state index >= 15 is 0 Å². The summed E-state index contributed by atoms with van der Waals surface area (Å²) in [6.45, 7) is 2.88. The van der Waals surface area contributed by atoms with E-state index in [4.69, 9.17) is 0 Å². The minimum absolute atomic E-state index is 0.769. The third kappa shape index (κ3) is 2.68. The second kappa shape index (κ2) is 5.63. The van der Waals surface area contributed by atoms with Crippen LogP contribution in [0.1, 0.15) is 11.1 Å². The van der Waals surface area contributed by atoms with Gasteiger partial charge in [0.05, 0.1) is 0 Å². The van der Waals surface area contributed by atoms with Crippen molar-refractivity contribution in [2.75, 3.05) is 5.32 Å². The van der Waals surface area contributed by atoms with Crippen molar-refractivity contribution in [1.82, 2.24) is 4.98 Å². The molecule has 0 spiro atoms. The Morgan fingerprint density at radius 3 is 2.85 bits per heavy atom. The van der Waals surface area contributed by atoms with Gasteiger partial charge < -0.3 is 5.32 Å². The van der Waals surface area contributed by atoms with Crippen molar-refractivity contribution >= 4 is 32.4 Å². The number of benzene rings is 2. The van der Waals surface area contributed by atoms with Crippen molar-refractivity contribution in [2.45, 2.75) is 13.5 Å². The van der Waals surface area contributed by atoms with Crippen molar-refractivity contribution in [3.63, 3.8) is 0 Å². The van der Waals surface area contributed by atoms with Gasteiger partial charge in [-0.25, -0.2) is 0 Å². The van der Waals surface area contributed by atoms with E-state index in [0.717, 1.165) is 16.7 Å². The zero-order chi connectivity index (χ0) is 13.9. The van der Waals surface area contributed by atoms with E-state index < -0.39 is 0 Å². The highest BCUT2D eigenvalue weighted by Crippen LogP contribution is 2.23. The quantitative estimate of drug-likeness (QED) is 0.739. The summed E-state index contributed by atoms with van der Waals surface area (Å²) in [4.78, 5) is 4.32. The number of anilines is 1. The van der Waals surface area contributed by atoms with Gasteiger partial charge in [0.25, 0.3) is 0 Å². The summed E-state index contributed by atoms with van der Waals surface area (Å²) in [6, 6.07) is 14.6. The number of aromatic nitrogens is 1. The van der Waals surface area contributed by atoms with E-state index in [1.54, 1.807) is 0 Å². The van der Waals surface area contributed by atoms with Gasteiger partial charge in [-0.3, -0.25) is 4.98 Å². The van der Waals surface area contributed by atoms with Crippen molar-refractivity contribution in [3.05, 3.63) is 70.5 Å². The van der Waals surface area contributed by atoms with E-state index in [9.17, 15) is 0 Å². The Kier molecular flexibility index (Phi) is 3.70. The molecule has 1 aromatic heterocycles. The summed E-state index contributed by atoms with van der Waals surface area (Å²) in [5.41, 5.74) is 3.59. The minimum Gasteiger partial charge on any atom is -0.381 e. The minimum atomic E-state index is 0.769. The maximum Gasteiger partial charge on any atom is 0.0422 e. The van der Waals surface area contributed by atoms with Crippen LogP contribution < -0.4 is 5.32 Å². The lowest BCUT2D eigenvalue weighted by molar-refractivity contribution is 1.13. The summed E-state index contributed by atoms with van der Waals surface area (Å²) < 4.78 is 1.08. The van der Waals surface area contributed by atoms with Gasteiger partial charge >= 0.3 is 0 Å². The molecule has 3 aromatic rings. The topological polar surface area (TPSA) is 24.9 Å². The standard InChI is InChI=1S/C17H15BrN2/c1-12-6-7-15(18)8-17(12)20-11-14-10-19-9-13-4-2-3-5-16(13)14/h2-10,20H,11H2,1H3. The number of pyridine rings is 1. The molecule has 0 fully saturated rings. The van der Waals surface area contributed by atoms with E-state index in [0.29, 0.717) is 0 Å². The highest BCUT2D eigenvalue weighted by Gasteiger charge is 2.03.